The summed E-state index contributed by atoms with van der Waals surface area (Å²) < 4.78 is 18.4. The molecule has 7 heteroatoms. The second kappa shape index (κ2) is 9.07. The van der Waals surface area contributed by atoms with E-state index < -0.39 is 0 Å². The number of anilines is 1. The van der Waals surface area contributed by atoms with E-state index in [-0.39, 0.29) is 5.82 Å². The number of hydrogen-bond donors (Lipinski definition) is 1. The minimum absolute atomic E-state index is 0.210. The van der Waals surface area contributed by atoms with Crippen LogP contribution in [0, 0.1) is 5.82 Å². The Hall–Kier alpha value is -2.90. The van der Waals surface area contributed by atoms with E-state index in [9.17, 15) is 4.39 Å². The van der Waals surface area contributed by atoms with Gasteiger partial charge in [0.1, 0.15) is 17.3 Å². The van der Waals surface area contributed by atoms with Crippen LogP contribution in [0.3, 0.4) is 0 Å². The first kappa shape index (κ1) is 19.4. The van der Waals surface area contributed by atoms with Gasteiger partial charge >= 0.3 is 0 Å². The molecule has 3 aromatic rings. The summed E-state index contributed by atoms with van der Waals surface area (Å²) in [6.07, 6.45) is 2.58. The minimum atomic E-state index is -0.210. The summed E-state index contributed by atoms with van der Waals surface area (Å²) in [6.45, 7) is 3.65. The van der Waals surface area contributed by atoms with Crippen LogP contribution in [0.4, 0.5) is 10.2 Å². The van der Waals surface area contributed by atoms with Gasteiger partial charge in [-0.2, -0.15) is 0 Å². The van der Waals surface area contributed by atoms with Gasteiger partial charge in [-0.05, 0) is 29.8 Å². The molecule has 0 amide bonds. The second-order valence-corrected chi connectivity index (χ2v) is 7.04. The number of nitrogens with zero attached hydrogens (tertiary/aromatic N) is 4. The van der Waals surface area contributed by atoms with Crippen molar-refractivity contribution in [2.75, 3.05) is 32.1 Å². The third-order valence-corrected chi connectivity index (χ3v) is 4.95. The molecule has 0 saturated heterocycles. The first-order chi connectivity index (χ1) is 14.2. The maximum absolute atomic E-state index is 13.2. The molecule has 1 aliphatic heterocycles. The van der Waals surface area contributed by atoms with Crippen molar-refractivity contribution in [3.05, 3.63) is 71.3 Å². The monoisotopic (exact) mass is 393 g/mol. The van der Waals surface area contributed by atoms with Crippen LogP contribution in [0.25, 0.3) is 11.5 Å². The van der Waals surface area contributed by atoms with Crippen molar-refractivity contribution in [2.45, 2.75) is 19.5 Å². The first-order valence-electron chi connectivity index (χ1n) is 9.74. The Kier molecular flexibility index (Phi) is 6.07. The van der Waals surface area contributed by atoms with E-state index in [0.29, 0.717) is 19.0 Å². The van der Waals surface area contributed by atoms with Gasteiger partial charge in [0.2, 0.25) is 0 Å². The normalized spacial score (nSPS) is 13.9. The third kappa shape index (κ3) is 4.75. The van der Waals surface area contributed by atoms with Crippen LogP contribution in [-0.2, 0) is 24.2 Å². The van der Waals surface area contributed by atoms with Crippen molar-refractivity contribution in [2.24, 2.45) is 0 Å². The molecule has 4 rings (SSSR count). The quantitative estimate of drug-likeness (QED) is 0.622. The summed E-state index contributed by atoms with van der Waals surface area (Å²) in [5, 5.41) is 3.40. The van der Waals surface area contributed by atoms with Crippen molar-refractivity contribution in [3.8, 4) is 11.5 Å². The fourth-order valence-corrected chi connectivity index (χ4v) is 3.48. The summed E-state index contributed by atoms with van der Waals surface area (Å²) in [6, 6.07) is 12.4. The van der Waals surface area contributed by atoms with Crippen molar-refractivity contribution in [3.63, 3.8) is 0 Å². The third-order valence-electron chi connectivity index (χ3n) is 4.95. The summed E-state index contributed by atoms with van der Waals surface area (Å²) in [7, 11) is 1.68. The molecule has 1 aromatic carbocycles. The van der Waals surface area contributed by atoms with Gasteiger partial charge in [0, 0.05) is 51.5 Å². The molecule has 3 heterocycles. The van der Waals surface area contributed by atoms with Crippen molar-refractivity contribution in [1.29, 1.82) is 0 Å². The van der Waals surface area contributed by atoms with Gasteiger partial charge in [0.15, 0.2) is 5.82 Å². The Morgan fingerprint density at radius 2 is 2.00 bits per heavy atom. The molecule has 0 spiro atoms. The van der Waals surface area contributed by atoms with Gasteiger partial charge in [-0.3, -0.25) is 9.88 Å². The maximum atomic E-state index is 13.2. The van der Waals surface area contributed by atoms with Crippen LogP contribution in [0.5, 0.6) is 0 Å². The number of aromatic nitrogens is 3. The highest BCUT2D eigenvalue weighted by atomic mass is 19.1. The Balaban J connectivity index is 1.60. The lowest BCUT2D eigenvalue weighted by atomic mass is 10.0. The van der Waals surface area contributed by atoms with E-state index in [1.54, 1.807) is 13.3 Å². The Labute approximate surface area is 169 Å². The van der Waals surface area contributed by atoms with Crippen LogP contribution in [0.15, 0.2) is 48.7 Å². The summed E-state index contributed by atoms with van der Waals surface area (Å²) in [5.41, 5.74) is 4.01. The lowest BCUT2D eigenvalue weighted by Gasteiger charge is -2.29. The largest absolute Gasteiger partial charge is 0.383 e. The SMILES string of the molecule is COCCNc1nc(-c2ccccn2)nc2c1CN(Cc1ccc(F)cc1)CC2. The predicted octanol–water partition coefficient (Wildman–Crippen LogP) is 3.29. The fraction of sp³-hybridized carbons (Fsp3) is 0.318. The van der Waals surface area contributed by atoms with Gasteiger partial charge in [0.05, 0.1) is 12.3 Å². The van der Waals surface area contributed by atoms with Crippen LogP contribution in [-0.4, -0.2) is 46.7 Å². The van der Waals surface area contributed by atoms with Gasteiger partial charge in [0.25, 0.3) is 0 Å². The molecule has 6 nitrogen and oxygen atoms in total. The average molecular weight is 393 g/mol. The van der Waals surface area contributed by atoms with Gasteiger partial charge in [-0.25, -0.2) is 14.4 Å². The van der Waals surface area contributed by atoms with Gasteiger partial charge < -0.3 is 10.1 Å². The molecule has 1 N–H and O–H groups in total. The zero-order valence-corrected chi connectivity index (χ0v) is 16.4. The van der Waals surface area contributed by atoms with Crippen LogP contribution < -0.4 is 5.32 Å². The van der Waals surface area contributed by atoms with Crippen molar-refractivity contribution in [1.82, 2.24) is 19.9 Å². The zero-order chi connectivity index (χ0) is 20.1. The molecule has 0 atom stereocenters. The van der Waals surface area contributed by atoms with Gasteiger partial charge in [-0.15, -0.1) is 0 Å². The Bertz CT molecular complexity index is 949. The molecular formula is C22H24FN5O. The topological polar surface area (TPSA) is 63.2 Å². The molecule has 150 valence electrons. The maximum Gasteiger partial charge on any atom is 0.180 e. The second-order valence-electron chi connectivity index (χ2n) is 7.04. The van der Waals surface area contributed by atoms with E-state index in [0.717, 1.165) is 54.4 Å². The van der Waals surface area contributed by atoms with E-state index in [1.165, 1.54) is 12.1 Å². The smallest absolute Gasteiger partial charge is 0.180 e. The van der Waals surface area contributed by atoms with Crippen molar-refractivity contribution >= 4 is 5.82 Å². The minimum Gasteiger partial charge on any atom is -0.383 e. The predicted molar refractivity (Wildman–Crippen MR) is 110 cm³/mol. The lowest BCUT2D eigenvalue weighted by Crippen LogP contribution is -2.32. The zero-order valence-electron chi connectivity index (χ0n) is 16.4. The number of pyridine rings is 1. The molecule has 29 heavy (non-hydrogen) atoms. The lowest BCUT2D eigenvalue weighted by molar-refractivity contribution is 0.210. The Morgan fingerprint density at radius 1 is 1.14 bits per heavy atom. The average Bonchev–Trinajstić information content (AvgIpc) is 2.76. The number of nitrogens with one attached hydrogen (secondary N) is 1. The molecule has 0 unspecified atom stereocenters. The van der Waals surface area contributed by atoms with E-state index in [1.807, 2.05) is 30.3 Å². The van der Waals surface area contributed by atoms with E-state index >= 15 is 0 Å². The van der Waals surface area contributed by atoms with Crippen molar-refractivity contribution < 1.29 is 9.13 Å². The number of methoxy groups -OCH3 is 1. The summed E-state index contributed by atoms with van der Waals surface area (Å²) in [5.74, 6) is 1.26. The molecule has 0 bridgehead atoms. The van der Waals surface area contributed by atoms with Crippen LogP contribution in [0.1, 0.15) is 16.8 Å². The highest BCUT2D eigenvalue weighted by Gasteiger charge is 2.23. The standard InChI is InChI=1S/C22H24FN5O/c1-29-13-11-25-21-18-15-28(14-16-5-7-17(23)8-6-16)12-9-19(18)26-22(27-21)20-4-2-3-10-24-20/h2-8,10H,9,11-15H2,1H3,(H,25,26,27). The number of halogens is 1. The molecule has 2 aromatic heterocycles. The molecule has 1 aliphatic rings. The molecule has 0 aliphatic carbocycles. The van der Waals surface area contributed by atoms with Crippen LogP contribution >= 0.6 is 0 Å². The number of fused-ring (bicyclic) bond motifs is 1. The highest BCUT2D eigenvalue weighted by Crippen LogP contribution is 2.27. The fourth-order valence-electron chi connectivity index (χ4n) is 3.48. The molecular weight excluding hydrogens is 369 g/mol. The van der Waals surface area contributed by atoms with Gasteiger partial charge in [-0.1, -0.05) is 18.2 Å². The molecule has 0 saturated carbocycles. The molecule has 0 radical (unpaired) electrons. The van der Waals surface area contributed by atoms with E-state index in [2.05, 4.69) is 15.2 Å². The highest BCUT2D eigenvalue weighted by molar-refractivity contribution is 5.57. The number of benzene rings is 1. The van der Waals surface area contributed by atoms with E-state index in [4.69, 9.17) is 14.7 Å². The molecule has 0 fully saturated rings. The Morgan fingerprint density at radius 3 is 2.76 bits per heavy atom. The summed E-state index contributed by atoms with van der Waals surface area (Å²) >= 11 is 0. The summed E-state index contributed by atoms with van der Waals surface area (Å²) in [4.78, 5) is 16.3. The van der Waals surface area contributed by atoms with Crippen LogP contribution in [0.2, 0.25) is 0 Å². The number of rotatable bonds is 7. The first-order valence-corrected chi connectivity index (χ1v) is 9.74. The number of ether oxygens (including phenoxy) is 1. The number of hydrogen-bond acceptors (Lipinski definition) is 6.